The van der Waals surface area contributed by atoms with Crippen molar-refractivity contribution >= 4 is 32.2 Å². The molecule has 68 valence electrons. The van der Waals surface area contributed by atoms with Gasteiger partial charge in [0.25, 0.3) is 0 Å². The van der Waals surface area contributed by atoms with Crippen LogP contribution in [0.1, 0.15) is 0 Å². The standard InChI is InChI=1S/C10H6BrN3/c11-10-5-7-3-1-2-4-8(7)9-6-12-13-14(9)10/h1-6H. The van der Waals surface area contributed by atoms with Crippen molar-refractivity contribution < 1.29 is 0 Å². The first kappa shape index (κ1) is 7.94. The van der Waals surface area contributed by atoms with Crippen molar-refractivity contribution in [1.82, 2.24) is 14.8 Å². The average molecular weight is 248 g/mol. The summed E-state index contributed by atoms with van der Waals surface area (Å²) in [5.74, 6) is 0. The van der Waals surface area contributed by atoms with E-state index in [1.807, 2.05) is 18.2 Å². The summed E-state index contributed by atoms with van der Waals surface area (Å²) < 4.78 is 2.70. The lowest BCUT2D eigenvalue weighted by atomic mass is 10.1. The Kier molecular flexibility index (Phi) is 1.58. The van der Waals surface area contributed by atoms with Crippen LogP contribution in [-0.4, -0.2) is 14.8 Å². The Labute approximate surface area is 88.5 Å². The van der Waals surface area contributed by atoms with E-state index in [2.05, 4.69) is 38.4 Å². The van der Waals surface area contributed by atoms with E-state index < -0.39 is 0 Å². The van der Waals surface area contributed by atoms with E-state index in [-0.39, 0.29) is 0 Å². The van der Waals surface area contributed by atoms with Crippen LogP contribution in [0.3, 0.4) is 0 Å². The quantitative estimate of drug-likeness (QED) is 0.572. The second kappa shape index (κ2) is 2.78. The third kappa shape index (κ3) is 0.974. The molecule has 0 fully saturated rings. The third-order valence-electron chi connectivity index (χ3n) is 2.26. The van der Waals surface area contributed by atoms with Gasteiger partial charge in [0.2, 0.25) is 0 Å². The molecule has 0 saturated carbocycles. The largest absolute Gasteiger partial charge is 0.206 e. The SMILES string of the molecule is Brc1cc2ccccc2c2cnnn12. The summed E-state index contributed by atoms with van der Waals surface area (Å²) in [4.78, 5) is 0. The molecule has 3 nitrogen and oxygen atoms in total. The first-order chi connectivity index (χ1) is 6.86. The van der Waals surface area contributed by atoms with Crippen molar-refractivity contribution in [2.45, 2.75) is 0 Å². The molecule has 0 aliphatic rings. The normalized spacial score (nSPS) is 11.2. The number of halogens is 1. The summed E-state index contributed by atoms with van der Waals surface area (Å²) in [5, 5.41) is 10.2. The minimum atomic E-state index is 0.920. The van der Waals surface area contributed by atoms with E-state index in [1.54, 1.807) is 10.7 Å². The second-order valence-corrected chi connectivity index (χ2v) is 3.90. The van der Waals surface area contributed by atoms with Crippen LogP contribution in [-0.2, 0) is 0 Å². The highest BCUT2D eigenvalue weighted by Crippen LogP contribution is 2.23. The van der Waals surface area contributed by atoms with E-state index in [4.69, 9.17) is 0 Å². The van der Waals surface area contributed by atoms with Gasteiger partial charge in [0.15, 0.2) is 0 Å². The van der Waals surface area contributed by atoms with Crippen molar-refractivity contribution in [3.05, 3.63) is 41.1 Å². The summed E-state index contributed by atoms with van der Waals surface area (Å²) in [5.41, 5.74) is 1.02. The highest BCUT2D eigenvalue weighted by molar-refractivity contribution is 9.10. The third-order valence-corrected chi connectivity index (χ3v) is 2.83. The van der Waals surface area contributed by atoms with Gasteiger partial charge in [-0.1, -0.05) is 29.5 Å². The molecule has 4 heteroatoms. The summed E-state index contributed by atoms with van der Waals surface area (Å²) in [6, 6.07) is 10.2. The molecule has 0 amide bonds. The van der Waals surface area contributed by atoms with Gasteiger partial charge in [0.05, 0.1) is 11.7 Å². The summed E-state index contributed by atoms with van der Waals surface area (Å²) in [6.07, 6.45) is 1.77. The molecule has 0 atom stereocenters. The highest BCUT2D eigenvalue weighted by atomic mass is 79.9. The van der Waals surface area contributed by atoms with Crippen LogP contribution < -0.4 is 0 Å². The summed E-state index contributed by atoms with van der Waals surface area (Å²) in [7, 11) is 0. The number of hydrogen-bond acceptors (Lipinski definition) is 2. The monoisotopic (exact) mass is 247 g/mol. The van der Waals surface area contributed by atoms with Crippen molar-refractivity contribution in [2.75, 3.05) is 0 Å². The minimum absolute atomic E-state index is 0.920. The average Bonchev–Trinajstić information content (AvgIpc) is 2.67. The molecule has 3 aromatic rings. The predicted octanol–water partition coefficient (Wildman–Crippen LogP) is 2.65. The Morgan fingerprint density at radius 3 is 3.00 bits per heavy atom. The molecule has 0 saturated heterocycles. The molecule has 3 rings (SSSR count). The molecule has 0 unspecified atom stereocenters. The first-order valence-electron chi connectivity index (χ1n) is 4.24. The lowest BCUT2D eigenvalue weighted by molar-refractivity contribution is 0.842. The molecule has 1 aromatic carbocycles. The number of pyridine rings is 1. The maximum Gasteiger partial charge on any atom is 0.110 e. The highest BCUT2D eigenvalue weighted by Gasteiger charge is 2.04. The molecule has 14 heavy (non-hydrogen) atoms. The smallest absolute Gasteiger partial charge is 0.110 e. The van der Waals surface area contributed by atoms with Crippen LogP contribution in [0.25, 0.3) is 16.3 Å². The van der Waals surface area contributed by atoms with E-state index in [0.29, 0.717) is 0 Å². The maximum absolute atomic E-state index is 3.99. The predicted molar refractivity (Wildman–Crippen MR) is 58.2 cm³/mol. The Morgan fingerprint density at radius 1 is 1.21 bits per heavy atom. The fourth-order valence-electron chi connectivity index (χ4n) is 1.62. The van der Waals surface area contributed by atoms with Gasteiger partial charge in [-0.2, -0.15) is 0 Å². The topological polar surface area (TPSA) is 30.2 Å². The number of fused-ring (bicyclic) bond motifs is 3. The Hall–Kier alpha value is -1.42. The van der Waals surface area contributed by atoms with Crippen molar-refractivity contribution in [3.8, 4) is 0 Å². The van der Waals surface area contributed by atoms with Gasteiger partial charge in [-0.3, -0.25) is 0 Å². The van der Waals surface area contributed by atoms with E-state index in [9.17, 15) is 0 Å². The van der Waals surface area contributed by atoms with Crippen LogP contribution >= 0.6 is 15.9 Å². The van der Waals surface area contributed by atoms with Crippen molar-refractivity contribution in [2.24, 2.45) is 0 Å². The second-order valence-electron chi connectivity index (χ2n) is 3.09. The minimum Gasteiger partial charge on any atom is -0.206 e. The molecule has 0 aliphatic carbocycles. The zero-order chi connectivity index (χ0) is 9.54. The first-order valence-corrected chi connectivity index (χ1v) is 5.03. The van der Waals surface area contributed by atoms with Gasteiger partial charge < -0.3 is 0 Å². The zero-order valence-corrected chi connectivity index (χ0v) is 8.77. The van der Waals surface area contributed by atoms with E-state index in [1.165, 1.54) is 10.8 Å². The zero-order valence-electron chi connectivity index (χ0n) is 7.18. The fraction of sp³-hybridized carbons (Fsp3) is 0. The maximum atomic E-state index is 3.99. The van der Waals surface area contributed by atoms with Gasteiger partial charge in [0.1, 0.15) is 4.60 Å². The number of aromatic nitrogens is 3. The number of nitrogens with zero attached hydrogens (tertiary/aromatic N) is 3. The van der Waals surface area contributed by atoms with Crippen molar-refractivity contribution in [1.29, 1.82) is 0 Å². The molecule has 2 aromatic heterocycles. The lowest BCUT2D eigenvalue weighted by Gasteiger charge is -2.01. The Morgan fingerprint density at radius 2 is 2.07 bits per heavy atom. The van der Waals surface area contributed by atoms with Crippen LogP contribution in [0, 0.1) is 0 Å². The van der Waals surface area contributed by atoms with Gasteiger partial charge >= 0.3 is 0 Å². The van der Waals surface area contributed by atoms with Gasteiger partial charge in [-0.15, -0.1) is 5.10 Å². The summed E-state index contributed by atoms with van der Waals surface area (Å²) in [6.45, 7) is 0. The molecule has 0 aliphatic heterocycles. The van der Waals surface area contributed by atoms with Gasteiger partial charge in [-0.05, 0) is 27.4 Å². The number of benzene rings is 1. The number of hydrogen-bond donors (Lipinski definition) is 0. The lowest BCUT2D eigenvalue weighted by Crippen LogP contribution is -1.90. The molecular weight excluding hydrogens is 242 g/mol. The van der Waals surface area contributed by atoms with Crippen LogP contribution in [0.2, 0.25) is 0 Å². The van der Waals surface area contributed by atoms with Crippen LogP contribution in [0.5, 0.6) is 0 Å². The van der Waals surface area contributed by atoms with Crippen LogP contribution in [0.15, 0.2) is 41.1 Å². The molecule has 0 N–H and O–H groups in total. The molecule has 0 radical (unpaired) electrons. The molecule has 0 spiro atoms. The molecular formula is C10H6BrN3. The Balaban J connectivity index is 2.66. The van der Waals surface area contributed by atoms with E-state index >= 15 is 0 Å². The van der Waals surface area contributed by atoms with Crippen molar-refractivity contribution in [3.63, 3.8) is 0 Å². The summed E-state index contributed by atoms with van der Waals surface area (Å²) >= 11 is 3.46. The van der Waals surface area contributed by atoms with Crippen LogP contribution in [0.4, 0.5) is 0 Å². The fourth-order valence-corrected chi connectivity index (χ4v) is 2.13. The van der Waals surface area contributed by atoms with E-state index in [0.717, 1.165) is 10.1 Å². The molecule has 2 heterocycles. The molecule has 0 bridgehead atoms. The van der Waals surface area contributed by atoms with Gasteiger partial charge in [0, 0.05) is 5.39 Å². The number of rotatable bonds is 0. The van der Waals surface area contributed by atoms with Gasteiger partial charge in [-0.25, -0.2) is 4.52 Å². The Bertz CT molecular complexity index is 615.